The Hall–Kier alpha value is -4.48. The smallest absolute Gasteiger partial charge is 0.306 e. The third-order valence-electron chi connectivity index (χ3n) is 9.05. The van der Waals surface area contributed by atoms with Crippen molar-refractivity contribution in [2.45, 2.75) is 168 Å². The Morgan fingerprint density at radius 2 is 0.710 bits per heavy atom. The highest BCUT2D eigenvalue weighted by Crippen LogP contribution is 2.09. The first-order valence-corrected chi connectivity index (χ1v) is 24.0. The average molecular weight is 851 g/mol. The molecule has 0 spiro atoms. The van der Waals surface area contributed by atoms with Gasteiger partial charge in [0.15, 0.2) is 6.10 Å². The van der Waals surface area contributed by atoms with Crippen molar-refractivity contribution in [2.75, 3.05) is 19.8 Å². The van der Waals surface area contributed by atoms with E-state index in [1.807, 2.05) is 6.08 Å². The monoisotopic (exact) mass is 851 g/mol. The van der Waals surface area contributed by atoms with Crippen molar-refractivity contribution in [3.05, 3.63) is 158 Å². The summed E-state index contributed by atoms with van der Waals surface area (Å²) < 4.78 is 17.2. The average Bonchev–Trinajstić information content (AvgIpc) is 3.27. The molecule has 0 saturated carbocycles. The maximum Gasteiger partial charge on any atom is 0.306 e. The lowest BCUT2D eigenvalue weighted by Crippen LogP contribution is -2.30. The van der Waals surface area contributed by atoms with E-state index in [0.717, 1.165) is 122 Å². The summed E-state index contributed by atoms with van der Waals surface area (Å²) in [7, 11) is 0. The van der Waals surface area contributed by atoms with Gasteiger partial charge in [-0.15, -0.1) is 0 Å². The van der Waals surface area contributed by atoms with Crippen LogP contribution in [0.4, 0.5) is 0 Å². The molecule has 344 valence electrons. The minimum absolute atomic E-state index is 0.000672. The molecule has 62 heavy (non-hydrogen) atoms. The van der Waals surface area contributed by atoms with Crippen LogP contribution in [0.2, 0.25) is 0 Å². The predicted octanol–water partition coefficient (Wildman–Crippen LogP) is 16.3. The number of rotatable bonds is 41. The van der Waals surface area contributed by atoms with Gasteiger partial charge in [-0.1, -0.05) is 185 Å². The van der Waals surface area contributed by atoms with Gasteiger partial charge in [0.05, 0.1) is 6.61 Å². The maximum atomic E-state index is 12.7. The summed E-state index contributed by atoms with van der Waals surface area (Å²) >= 11 is 0. The van der Waals surface area contributed by atoms with Gasteiger partial charge in [-0.05, 0) is 122 Å². The zero-order valence-electron chi connectivity index (χ0n) is 39.3. The quantitative estimate of drug-likeness (QED) is 0.0348. The lowest BCUT2D eigenvalue weighted by atomic mass is 10.1. The molecule has 0 saturated heterocycles. The molecule has 0 bridgehead atoms. The Labute approximate surface area is 380 Å². The first kappa shape index (κ1) is 57.5. The Morgan fingerprint density at radius 3 is 1.11 bits per heavy atom. The lowest BCUT2D eigenvalue weighted by molar-refractivity contribution is -0.162. The Morgan fingerprint density at radius 1 is 0.355 bits per heavy atom. The highest BCUT2D eigenvalue weighted by Gasteiger charge is 2.17. The fourth-order valence-electron chi connectivity index (χ4n) is 5.61. The SMILES string of the molecule is CC/C=C\C/C=C\C/C=C\C/C=C\C/C=C\C/C=C\CCC(=O)OCC(COCCC/C=C\C/C=C\C/C=C\C/C=C\CC)OC(=O)CCCCC/C=C\C/C=C\C/C=C\CC. The van der Waals surface area contributed by atoms with Gasteiger partial charge in [0.1, 0.15) is 6.61 Å². The molecule has 0 fully saturated rings. The second-order valence-electron chi connectivity index (χ2n) is 14.9. The van der Waals surface area contributed by atoms with Crippen molar-refractivity contribution >= 4 is 11.9 Å². The summed E-state index contributed by atoms with van der Waals surface area (Å²) in [5.41, 5.74) is 0. The third kappa shape index (κ3) is 48.2. The normalized spacial score (nSPS) is 13.7. The molecule has 0 rings (SSSR count). The molecule has 5 heteroatoms. The van der Waals surface area contributed by atoms with Gasteiger partial charge in [0.25, 0.3) is 0 Å². The summed E-state index contributed by atoms with van der Waals surface area (Å²) in [5, 5.41) is 0. The molecule has 0 radical (unpaired) electrons. The molecule has 0 aromatic rings. The fraction of sp³-hybridized carbons (Fsp3) is 0.509. The van der Waals surface area contributed by atoms with Crippen LogP contribution < -0.4 is 0 Å². The van der Waals surface area contributed by atoms with Crippen molar-refractivity contribution in [1.82, 2.24) is 0 Å². The van der Waals surface area contributed by atoms with Crippen LogP contribution >= 0.6 is 0 Å². The zero-order valence-corrected chi connectivity index (χ0v) is 39.3. The minimum Gasteiger partial charge on any atom is -0.462 e. The van der Waals surface area contributed by atoms with E-state index in [9.17, 15) is 9.59 Å². The van der Waals surface area contributed by atoms with Gasteiger partial charge in [0.2, 0.25) is 0 Å². The van der Waals surface area contributed by atoms with E-state index in [1.54, 1.807) is 0 Å². The molecule has 0 heterocycles. The van der Waals surface area contributed by atoms with Crippen LogP contribution in [0.15, 0.2) is 158 Å². The summed E-state index contributed by atoms with van der Waals surface area (Å²) in [6.45, 7) is 7.19. The largest absolute Gasteiger partial charge is 0.462 e. The van der Waals surface area contributed by atoms with E-state index in [0.29, 0.717) is 19.4 Å². The molecule has 5 nitrogen and oxygen atoms in total. The molecule has 0 N–H and O–H groups in total. The molecule has 0 aromatic carbocycles. The predicted molar refractivity (Wildman–Crippen MR) is 269 cm³/mol. The number of unbranched alkanes of at least 4 members (excludes halogenated alkanes) is 4. The maximum absolute atomic E-state index is 12.7. The molecular weight excluding hydrogens is 765 g/mol. The fourth-order valence-corrected chi connectivity index (χ4v) is 5.61. The van der Waals surface area contributed by atoms with Gasteiger partial charge in [0, 0.05) is 19.4 Å². The van der Waals surface area contributed by atoms with Crippen LogP contribution in [0, 0.1) is 0 Å². The molecule has 0 aliphatic heterocycles. The van der Waals surface area contributed by atoms with Crippen molar-refractivity contribution in [2.24, 2.45) is 0 Å². The molecule has 0 aromatic heterocycles. The summed E-state index contributed by atoms with van der Waals surface area (Å²) in [6, 6.07) is 0. The van der Waals surface area contributed by atoms with Crippen molar-refractivity contribution in [3.63, 3.8) is 0 Å². The topological polar surface area (TPSA) is 61.8 Å². The van der Waals surface area contributed by atoms with Crippen LogP contribution in [0.3, 0.4) is 0 Å². The van der Waals surface area contributed by atoms with Crippen LogP contribution in [0.25, 0.3) is 0 Å². The van der Waals surface area contributed by atoms with E-state index < -0.39 is 6.10 Å². The molecule has 1 atom stereocenters. The molecule has 0 aliphatic rings. The lowest BCUT2D eigenvalue weighted by Gasteiger charge is -2.18. The Bertz CT molecular complexity index is 1420. The van der Waals surface area contributed by atoms with E-state index in [1.165, 1.54) is 0 Å². The number of carbonyl (C=O) groups excluding carboxylic acids is 2. The first-order chi connectivity index (χ1) is 30.6. The molecule has 1 unspecified atom stereocenters. The van der Waals surface area contributed by atoms with Crippen molar-refractivity contribution in [3.8, 4) is 0 Å². The highest BCUT2D eigenvalue weighted by molar-refractivity contribution is 5.70. The van der Waals surface area contributed by atoms with Gasteiger partial charge in [-0.25, -0.2) is 0 Å². The number of hydrogen-bond donors (Lipinski definition) is 0. The summed E-state index contributed by atoms with van der Waals surface area (Å²) in [6.07, 6.45) is 75.6. The summed E-state index contributed by atoms with van der Waals surface area (Å²) in [5.74, 6) is -0.577. The van der Waals surface area contributed by atoms with Crippen LogP contribution in [0.5, 0.6) is 0 Å². The van der Waals surface area contributed by atoms with E-state index in [4.69, 9.17) is 14.2 Å². The Kier molecular flexibility index (Phi) is 47.2. The van der Waals surface area contributed by atoms with Gasteiger partial charge >= 0.3 is 11.9 Å². The van der Waals surface area contributed by atoms with Gasteiger partial charge in [-0.3, -0.25) is 9.59 Å². The van der Waals surface area contributed by atoms with Crippen molar-refractivity contribution in [1.29, 1.82) is 0 Å². The number of hydrogen-bond acceptors (Lipinski definition) is 5. The van der Waals surface area contributed by atoms with E-state index in [-0.39, 0.29) is 31.6 Å². The molecule has 0 amide bonds. The van der Waals surface area contributed by atoms with E-state index >= 15 is 0 Å². The summed E-state index contributed by atoms with van der Waals surface area (Å²) in [4.78, 5) is 25.3. The second kappa shape index (κ2) is 50.9. The van der Waals surface area contributed by atoms with Crippen molar-refractivity contribution < 1.29 is 23.8 Å². The third-order valence-corrected chi connectivity index (χ3v) is 9.05. The molecule has 0 aliphatic carbocycles. The number of carbonyl (C=O) groups is 2. The van der Waals surface area contributed by atoms with E-state index in [2.05, 4.69) is 173 Å². The van der Waals surface area contributed by atoms with Gasteiger partial charge < -0.3 is 14.2 Å². The van der Waals surface area contributed by atoms with Gasteiger partial charge in [-0.2, -0.15) is 0 Å². The standard InChI is InChI=1S/C57H86O5/c1-4-7-10-13-16-19-22-25-27-28-29-30-31-33-35-38-41-44-47-50-56(58)61-54-55(53-60-52-49-46-43-40-37-34-26-23-20-17-14-11-8-5-2)62-57(59)51-48-45-42-39-36-32-24-21-18-15-12-9-6-3/h7-12,16-21,25-27,29-30,32-36,40-41,43-44,55H,4-6,13-15,22-24,28,31,37-39,42,45-54H2,1-3H3/b10-7-,11-8-,12-9-,19-16-,20-17-,21-18-,27-25-,30-29-,34-26-,35-33-,36-32-,43-40-,44-41-. The van der Waals surface area contributed by atoms with Crippen LogP contribution in [0.1, 0.15) is 162 Å². The Balaban J connectivity index is 4.54. The van der Waals surface area contributed by atoms with Crippen LogP contribution in [-0.2, 0) is 23.8 Å². The van der Waals surface area contributed by atoms with Crippen LogP contribution in [-0.4, -0.2) is 37.9 Å². The minimum atomic E-state index is -0.622. The number of ether oxygens (including phenoxy) is 3. The molecular formula is C57H86O5. The number of esters is 2. The number of allylic oxidation sites excluding steroid dienone is 26. The first-order valence-electron chi connectivity index (χ1n) is 24.0. The highest BCUT2D eigenvalue weighted by atomic mass is 16.6. The zero-order chi connectivity index (χ0) is 44.9. The second-order valence-corrected chi connectivity index (χ2v) is 14.9.